The third kappa shape index (κ3) is 19.2. The van der Waals surface area contributed by atoms with Crippen LogP contribution in [-0.2, 0) is 25.8 Å². The third-order valence-electron chi connectivity index (χ3n) is 2.37. The summed E-state index contributed by atoms with van der Waals surface area (Å²) in [7, 11) is 0. The number of alkyl halides is 9. The fourth-order valence-electron chi connectivity index (χ4n) is 1.60. The quantitative estimate of drug-likeness (QED) is 0.157. The molecular weight excluding hydrogens is 704 g/mol. The summed E-state index contributed by atoms with van der Waals surface area (Å²) in [5.41, 5.74) is 20.1. The van der Waals surface area contributed by atoms with Crippen molar-refractivity contribution in [2.24, 2.45) is 0 Å². The molecule has 0 aromatic heterocycles. The van der Waals surface area contributed by atoms with Crippen LogP contribution >= 0.6 is 0 Å². The van der Waals surface area contributed by atoms with Crippen molar-refractivity contribution in [1.29, 1.82) is 0 Å². The van der Waals surface area contributed by atoms with Crippen LogP contribution < -0.4 is 4.40 Å². The normalized spacial score (nSPS) is 13.2. The molecule has 0 aliphatic heterocycles. The van der Waals surface area contributed by atoms with Crippen molar-refractivity contribution in [2.75, 3.05) is 0 Å². The Hall–Kier alpha value is 0.0130. The topological polar surface area (TPSA) is 71.4 Å². The standard InChI is InChI=1S/C8H4F9Ge.3C4H10N.Hf/c9-6(10,11)18(7(12,13)14,8(15,16)17)5-3-1-2-4-5;3*1-4(2,3)5;/h1-4H;3*5H,1-3H3;/q4*-1;+4. The van der Waals surface area contributed by atoms with Gasteiger partial charge >= 0.3 is 122 Å². The summed E-state index contributed by atoms with van der Waals surface area (Å²) in [4.78, 5) is 0. The average Bonchev–Trinajstić information content (AvgIpc) is 2.80. The molecule has 0 spiro atoms. The van der Waals surface area contributed by atoms with E-state index in [2.05, 4.69) is 0 Å². The molecule has 0 saturated heterocycles. The second-order valence-electron chi connectivity index (χ2n) is 10.2. The van der Waals surface area contributed by atoms with Crippen LogP contribution in [-0.4, -0.2) is 44.9 Å². The van der Waals surface area contributed by atoms with Gasteiger partial charge in [-0.2, -0.15) is 0 Å². The first kappa shape index (κ1) is 41.2. The van der Waals surface area contributed by atoms with Gasteiger partial charge in [0.1, 0.15) is 0 Å². The Morgan fingerprint density at radius 2 is 0.647 bits per heavy atom. The van der Waals surface area contributed by atoms with Gasteiger partial charge in [-0.25, -0.2) is 0 Å². The Morgan fingerprint density at radius 3 is 0.765 bits per heavy atom. The maximum atomic E-state index is 12.6. The Bertz CT molecular complexity index is 567. The van der Waals surface area contributed by atoms with Gasteiger partial charge in [0, 0.05) is 0 Å². The smallest absolute Gasteiger partial charge is 4.00 e. The van der Waals surface area contributed by atoms with E-state index < -0.39 is 32.7 Å². The molecular formula is C20H34F9GeHfN3. The molecule has 34 heavy (non-hydrogen) atoms. The molecule has 0 unspecified atom stereocenters. The van der Waals surface area contributed by atoms with Crippen molar-refractivity contribution in [3.63, 3.8) is 0 Å². The van der Waals surface area contributed by atoms with Crippen molar-refractivity contribution in [2.45, 2.75) is 94.0 Å². The second-order valence-corrected chi connectivity index (χ2v) is 18.1. The van der Waals surface area contributed by atoms with Crippen molar-refractivity contribution < 1.29 is 65.4 Å². The van der Waals surface area contributed by atoms with Crippen LogP contribution in [0.4, 0.5) is 39.5 Å². The van der Waals surface area contributed by atoms with Crippen molar-refractivity contribution in [3.05, 3.63) is 41.5 Å². The summed E-state index contributed by atoms with van der Waals surface area (Å²) >= 11 is -8.38. The van der Waals surface area contributed by atoms with E-state index in [4.69, 9.17) is 17.2 Å². The van der Waals surface area contributed by atoms with Crippen LogP contribution in [0.1, 0.15) is 62.3 Å². The Balaban J connectivity index is -0.000000231. The summed E-state index contributed by atoms with van der Waals surface area (Å²) in [6.45, 7) is 16.7. The molecule has 0 atom stereocenters. The van der Waals surface area contributed by atoms with Gasteiger partial charge in [0.25, 0.3) is 0 Å². The summed E-state index contributed by atoms with van der Waals surface area (Å²) in [6.07, 6.45) is 0. The molecule has 0 heterocycles. The summed E-state index contributed by atoms with van der Waals surface area (Å²) in [6, 6.07) is 1.90. The van der Waals surface area contributed by atoms with Crippen molar-refractivity contribution >= 4 is 17.7 Å². The van der Waals surface area contributed by atoms with E-state index in [0.717, 1.165) is 12.1 Å². The zero-order valence-corrected chi connectivity index (χ0v) is 26.4. The molecule has 0 saturated carbocycles. The number of halogens is 9. The van der Waals surface area contributed by atoms with Crippen LogP contribution in [0.5, 0.6) is 0 Å². The van der Waals surface area contributed by atoms with E-state index in [1.165, 1.54) is 0 Å². The van der Waals surface area contributed by atoms with Gasteiger partial charge in [-0.1, -0.05) is 62.3 Å². The Morgan fingerprint density at radius 1 is 0.500 bits per heavy atom. The van der Waals surface area contributed by atoms with Crippen LogP contribution in [0.3, 0.4) is 0 Å². The average molecular weight is 739 g/mol. The number of hydrogen-bond donors (Lipinski definition) is 0. The van der Waals surface area contributed by atoms with Crippen LogP contribution in [0.15, 0.2) is 24.3 Å². The van der Waals surface area contributed by atoms with E-state index in [-0.39, 0.29) is 54.6 Å². The van der Waals surface area contributed by atoms with Gasteiger partial charge in [-0.3, -0.25) is 0 Å². The van der Waals surface area contributed by atoms with E-state index in [0.29, 0.717) is 0 Å². The summed E-state index contributed by atoms with van der Waals surface area (Å²) in [5.74, 6) is 0. The van der Waals surface area contributed by atoms with Gasteiger partial charge in [0.05, 0.1) is 0 Å². The molecule has 0 amide bonds. The predicted octanol–water partition coefficient (Wildman–Crippen LogP) is 8.87. The van der Waals surface area contributed by atoms with Gasteiger partial charge in [0.15, 0.2) is 0 Å². The maximum absolute atomic E-state index is 12.6. The molecule has 14 heteroatoms. The molecule has 1 aromatic rings. The monoisotopic (exact) mass is 741 g/mol. The molecule has 200 valence electrons. The van der Waals surface area contributed by atoms with Crippen molar-refractivity contribution in [1.82, 2.24) is 0 Å². The molecule has 0 radical (unpaired) electrons. The minimum atomic E-state index is -8.38. The number of hydrogen-bond acceptors (Lipinski definition) is 0. The van der Waals surface area contributed by atoms with E-state index in [1.807, 2.05) is 62.3 Å². The summed E-state index contributed by atoms with van der Waals surface area (Å²) in [5, 5.41) is -19.1. The molecule has 3 nitrogen and oxygen atoms in total. The van der Waals surface area contributed by atoms with E-state index in [9.17, 15) is 39.5 Å². The van der Waals surface area contributed by atoms with Gasteiger partial charge in [0.2, 0.25) is 0 Å². The minimum absolute atomic E-state index is 0. The van der Waals surface area contributed by atoms with E-state index >= 15 is 0 Å². The fourth-order valence-corrected chi connectivity index (χ4v) is 7.13. The molecule has 3 N–H and O–H groups in total. The first-order valence-corrected chi connectivity index (χ1v) is 13.7. The maximum Gasteiger partial charge on any atom is 4.00 e. The SMILES string of the molecule is CC(C)(C)[NH-].CC(C)(C)[NH-].CC(C)(C)[NH-].F[C](F)(F)[Ge]([c-]1cccc1)([C](F)(F)F)[C](F)(F)F.[Hf+4]. The van der Waals surface area contributed by atoms with Crippen LogP contribution in [0.2, 0.25) is 0 Å². The molecule has 0 fully saturated rings. The largest absolute Gasteiger partial charge is 4.00 e. The summed E-state index contributed by atoms with van der Waals surface area (Å²) < 4.78 is 111. The second kappa shape index (κ2) is 14.1. The van der Waals surface area contributed by atoms with Crippen LogP contribution in [0, 0.1) is 0 Å². The Kier molecular flexibility index (Phi) is 17.0. The van der Waals surface area contributed by atoms with Gasteiger partial charge in [-0.15, -0.1) is 16.6 Å². The third-order valence-corrected chi connectivity index (χ3v) is 10.2. The zero-order chi connectivity index (χ0) is 27.9. The van der Waals surface area contributed by atoms with Gasteiger partial charge < -0.3 is 17.2 Å². The number of nitrogens with one attached hydrogen (secondary N) is 3. The van der Waals surface area contributed by atoms with Crippen LogP contribution in [0.25, 0.3) is 17.2 Å². The first-order valence-electron chi connectivity index (χ1n) is 9.53. The molecule has 0 bridgehead atoms. The predicted molar refractivity (Wildman–Crippen MR) is 118 cm³/mol. The fraction of sp³-hybridized carbons (Fsp3) is 0.750. The zero-order valence-electron chi connectivity index (χ0n) is 20.7. The molecule has 0 aliphatic carbocycles. The Labute approximate surface area is 217 Å². The number of rotatable bonds is 1. The van der Waals surface area contributed by atoms with Gasteiger partial charge in [-0.05, 0) is 0 Å². The first-order chi connectivity index (χ1) is 13.9. The van der Waals surface area contributed by atoms with Crippen molar-refractivity contribution in [3.8, 4) is 0 Å². The van der Waals surface area contributed by atoms with E-state index in [1.54, 1.807) is 0 Å². The molecule has 0 aliphatic rings. The molecule has 1 rings (SSSR count). The minimum Gasteiger partial charge on any atom is 4.00 e. The molecule has 1 aromatic carbocycles.